The van der Waals surface area contributed by atoms with Crippen molar-refractivity contribution in [2.24, 2.45) is 0 Å². The van der Waals surface area contributed by atoms with Crippen molar-refractivity contribution >= 4 is 11.6 Å². The van der Waals surface area contributed by atoms with Crippen molar-refractivity contribution in [2.45, 2.75) is 52.2 Å². The standard InChI is InChI=1S/C16H27N3O2/c1-3-7-18-11-13(17)10-15(18)16(20)19-8-5-6-14(12-19)21-9-4-2/h10-11,14H,3-9,12,17H2,1-2H3. The fourth-order valence-electron chi connectivity index (χ4n) is 2.84. The van der Waals surface area contributed by atoms with Crippen LogP contribution in [-0.4, -0.2) is 41.2 Å². The van der Waals surface area contributed by atoms with Gasteiger partial charge in [-0.1, -0.05) is 13.8 Å². The van der Waals surface area contributed by atoms with Crippen LogP contribution >= 0.6 is 0 Å². The van der Waals surface area contributed by atoms with Gasteiger partial charge in [-0.15, -0.1) is 0 Å². The largest absolute Gasteiger partial charge is 0.397 e. The second-order valence-electron chi connectivity index (χ2n) is 5.74. The van der Waals surface area contributed by atoms with E-state index < -0.39 is 0 Å². The maximum atomic E-state index is 12.7. The molecule has 0 aromatic carbocycles. The molecule has 2 heterocycles. The summed E-state index contributed by atoms with van der Waals surface area (Å²) in [5.41, 5.74) is 7.21. The van der Waals surface area contributed by atoms with Gasteiger partial charge in [0.1, 0.15) is 5.69 Å². The molecule has 5 heteroatoms. The van der Waals surface area contributed by atoms with Crippen molar-refractivity contribution in [1.29, 1.82) is 0 Å². The number of piperidine rings is 1. The van der Waals surface area contributed by atoms with E-state index in [0.29, 0.717) is 17.9 Å². The fourth-order valence-corrected chi connectivity index (χ4v) is 2.84. The first-order valence-corrected chi connectivity index (χ1v) is 8.02. The van der Waals surface area contributed by atoms with Gasteiger partial charge in [0.25, 0.3) is 5.91 Å². The number of amides is 1. The smallest absolute Gasteiger partial charge is 0.270 e. The number of anilines is 1. The van der Waals surface area contributed by atoms with E-state index in [1.165, 1.54) is 0 Å². The van der Waals surface area contributed by atoms with Crippen LogP contribution in [0.5, 0.6) is 0 Å². The Hall–Kier alpha value is -1.49. The topological polar surface area (TPSA) is 60.5 Å². The molecule has 1 aromatic rings. The van der Waals surface area contributed by atoms with Gasteiger partial charge in [0.2, 0.25) is 0 Å². The van der Waals surface area contributed by atoms with Crippen LogP contribution in [0.25, 0.3) is 0 Å². The van der Waals surface area contributed by atoms with Gasteiger partial charge in [0.05, 0.1) is 11.8 Å². The molecule has 0 aliphatic carbocycles. The first-order valence-electron chi connectivity index (χ1n) is 8.02. The number of nitrogens with zero attached hydrogens (tertiary/aromatic N) is 2. The first-order chi connectivity index (χ1) is 10.2. The minimum absolute atomic E-state index is 0.0740. The summed E-state index contributed by atoms with van der Waals surface area (Å²) < 4.78 is 7.77. The van der Waals surface area contributed by atoms with Gasteiger partial charge in [-0.2, -0.15) is 0 Å². The Balaban J connectivity index is 2.05. The maximum Gasteiger partial charge on any atom is 0.270 e. The molecule has 1 aliphatic rings. The summed E-state index contributed by atoms with van der Waals surface area (Å²) in [6.07, 6.45) is 6.07. The van der Waals surface area contributed by atoms with E-state index in [1.807, 2.05) is 15.7 Å². The SMILES string of the molecule is CCCOC1CCCN(C(=O)c2cc(N)cn2CCC)C1. The summed E-state index contributed by atoms with van der Waals surface area (Å²) in [7, 11) is 0. The number of carbonyl (C=O) groups excluding carboxylic acids is 1. The summed E-state index contributed by atoms with van der Waals surface area (Å²) in [5, 5.41) is 0. The van der Waals surface area contributed by atoms with E-state index in [9.17, 15) is 4.79 Å². The van der Waals surface area contributed by atoms with Gasteiger partial charge >= 0.3 is 0 Å². The average Bonchev–Trinajstić information content (AvgIpc) is 2.86. The zero-order valence-corrected chi connectivity index (χ0v) is 13.2. The Bertz CT molecular complexity index is 470. The minimum atomic E-state index is 0.0740. The Kier molecular flexibility index (Phi) is 5.67. The van der Waals surface area contributed by atoms with Gasteiger partial charge in [0, 0.05) is 32.4 Å². The molecule has 2 rings (SSSR count). The van der Waals surface area contributed by atoms with Gasteiger partial charge < -0.3 is 19.9 Å². The third-order valence-electron chi connectivity index (χ3n) is 3.82. The van der Waals surface area contributed by atoms with E-state index in [1.54, 1.807) is 6.07 Å². The maximum absolute atomic E-state index is 12.7. The van der Waals surface area contributed by atoms with Crippen molar-refractivity contribution in [1.82, 2.24) is 9.47 Å². The Labute approximate surface area is 127 Å². The summed E-state index contributed by atoms with van der Waals surface area (Å²) in [6, 6.07) is 1.79. The molecule has 0 saturated carbocycles. The number of nitrogens with two attached hydrogens (primary N) is 1. The molecule has 5 nitrogen and oxygen atoms in total. The highest BCUT2D eigenvalue weighted by atomic mass is 16.5. The molecule has 0 bridgehead atoms. The summed E-state index contributed by atoms with van der Waals surface area (Å²) in [4.78, 5) is 14.6. The van der Waals surface area contributed by atoms with Gasteiger partial charge in [-0.25, -0.2) is 0 Å². The van der Waals surface area contributed by atoms with Crippen molar-refractivity contribution in [2.75, 3.05) is 25.4 Å². The number of rotatable bonds is 6. The highest BCUT2D eigenvalue weighted by Crippen LogP contribution is 2.19. The predicted molar refractivity (Wildman–Crippen MR) is 84.3 cm³/mol. The lowest BCUT2D eigenvalue weighted by atomic mass is 10.1. The molecule has 1 aliphatic heterocycles. The van der Waals surface area contributed by atoms with Gasteiger partial charge in [0.15, 0.2) is 0 Å². The molecular formula is C16H27N3O2. The zero-order chi connectivity index (χ0) is 15.2. The number of aryl methyl sites for hydroxylation is 1. The molecule has 1 amide bonds. The molecule has 21 heavy (non-hydrogen) atoms. The molecule has 0 radical (unpaired) electrons. The van der Waals surface area contributed by atoms with Crippen molar-refractivity contribution in [3.05, 3.63) is 18.0 Å². The third-order valence-corrected chi connectivity index (χ3v) is 3.82. The zero-order valence-electron chi connectivity index (χ0n) is 13.2. The van der Waals surface area contributed by atoms with Crippen LogP contribution in [-0.2, 0) is 11.3 Å². The quantitative estimate of drug-likeness (QED) is 0.876. The number of carbonyl (C=O) groups is 1. The van der Waals surface area contributed by atoms with Crippen LogP contribution in [0.15, 0.2) is 12.3 Å². The molecule has 0 spiro atoms. The van der Waals surface area contributed by atoms with E-state index in [-0.39, 0.29) is 12.0 Å². The Morgan fingerprint density at radius 3 is 2.95 bits per heavy atom. The van der Waals surface area contributed by atoms with E-state index in [4.69, 9.17) is 10.5 Å². The lowest BCUT2D eigenvalue weighted by molar-refractivity contribution is 0.00177. The summed E-state index contributed by atoms with van der Waals surface area (Å²) in [6.45, 7) is 7.29. The summed E-state index contributed by atoms with van der Waals surface area (Å²) >= 11 is 0. The van der Waals surface area contributed by atoms with E-state index in [2.05, 4.69) is 13.8 Å². The number of aromatic nitrogens is 1. The van der Waals surface area contributed by atoms with Crippen LogP contribution in [0, 0.1) is 0 Å². The van der Waals surface area contributed by atoms with Crippen molar-refractivity contribution in [3.8, 4) is 0 Å². The lowest BCUT2D eigenvalue weighted by Gasteiger charge is -2.32. The highest BCUT2D eigenvalue weighted by Gasteiger charge is 2.26. The molecule has 1 saturated heterocycles. The van der Waals surface area contributed by atoms with Gasteiger partial charge in [-0.05, 0) is 31.7 Å². The normalized spacial score (nSPS) is 19.0. The monoisotopic (exact) mass is 293 g/mol. The van der Waals surface area contributed by atoms with Crippen LogP contribution in [0.4, 0.5) is 5.69 Å². The van der Waals surface area contributed by atoms with Crippen LogP contribution in [0.2, 0.25) is 0 Å². The number of hydrogen-bond donors (Lipinski definition) is 1. The number of nitrogen functional groups attached to an aromatic ring is 1. The summed E-state index contributed by atoms with van der Waals surface area (Å²) in [5.74, 6) is 0.0740. The Morgan fingerprint density at radius 2 is 2.24 bits per heavy atom. The lowest BCUT2D eigenvalue weighted by Crippen LogP contribution is -2.43. The van der Waals surface area contributed by atoms with Crippen molar-refractivity contribution in [3.63, 3.8) is 0 Å². The van der Waals surface area contributed by atoms with Crippen LogP contribution in [0.1, 0.15) is 50.0 Å². The highest BCUT2D eigenvalue weighted by molar-refractivity contribution is 5.94. The number of likely N-dealkylation sites (tertiary alicyclic amines) is 1. The van der Waals surface area contributed by atoms with Gasteiger partial charge in [-0.3, -0.25) is 4.79 Å². The third kappa shape index (κ3) is 4.00. The fraction of sp³-hybridized carbons (Fsp3) is 0.688. The molecule has 118 valence electrons. The van der Waals surface area contributed by atoms with Crippen molar-refractivity contribution < 1.29 is 9.53 Å². The predicted octanol–water partition coefficient (Wildman–Crippen LogP) is 2.51. The molecule has 1 unspecified atom stereocenters. The van der Waals surface area contributed by atoms with E-state index in [0.717, 1.165) is 45.4 Å². The second kappa shape index (κ2) is 7.50. The first kappa shape index (κ1) is 15.9. The molecule has 1 atom stereocenters. The van der Waals surface area contributed by atoms with Crippen LogP contribution < -0.4 is 5.73 Å². The molecule has 2 N–H and O–H groups in total. The Morgan fingerprint density at radius 1 is 1.43 bits per heavy atom. The molecule has 1 aromatic heterocycles. The molecular weight excluding hydrogens is 266 g/mol. The van der Waals surface area contributed by atoms with Crippen LogP contribution in [0.3, 0.4) is 0 Å². The minimum Gasteiger partial charge on any atom is -0.397 e. The number of hydrogen-bond acceptors (Lipinski definition) is 3. The second-order valence-corrected chi connectivity index (χ2v) is 5.74. The number of ether oxygens (including phenoxy) is 1. The molecule has 1 fully saturated rings. The average molecular weight is 293 g/mol. The van der Waals surface area contributed by atoms with E-state index >= 15 is 0 Å².